The molecule has 0 spiro atoms. The average molecular weight is 149 g/mol. The van der Waals surface area contributed by atoms with Crippen molar-refractivity contribution in [3.63, 3.8) is 0 Å². The molecular weight excluding hydrogens is 136 g/mol. The molecule has 0 atom stereocenters. The number of hydrogen-bond donors (Lipinski definition) is 0. The van der Waals surface area contributed by atoms with E-state index in [0.29, 0.717) is 5.88 Å². The molecule has 0 aromatic heterocycles. The summed E-state index contributed by atoms with van der Waals surface area (Å²) in [5, 5.41) is 0. The minimum Gasteiger partial charge on any atom is -0.122 e. The highest BCUT2D eigenvalue weighted by Crippen LogP contribution is 2.01. The lowest BCUT2D eigenvalue weighted by molar-refractivity contribution is 1.70. The van der Waals surface area contributed by atoms with Gasteiger partial charge in [0, 0.05) is 5.88 Å². The van der Waals surface area contributed by atoms with Crippen LogP contribution in [0.4, 0.5) is 0 Å². The van der Waals surface area contributed by atoms with Crippen LogP contribution in [0.5, 0.6) is 0 Å². The van der Waals surface area contributed by atoms with Gasteiger partial charge < -0.3 is 0 Å². The maximum atomic E-state index is 5.44. The molecule has 0 fully saturated rings. The largest absolute Gasteiger partial charge is 0.122 e. The quantitative estimate of drug-likeness (QED) is 0.417. The molecule has 0 aliphatic carbocycles. The summed E-state index contributed by atoms with van der Waals surface area (Å²) in [5.41, 5.74) is 2.25. The van der Waals surface area contributed by atoms with Crippen LogP contribution in [0.25, 0.3) is 0 Å². The average Bonchev–Trinajstić information content (AvgIpc) is 1.59. The Morgan fingerprint density at radius 1 is 1.38 bits per heavy atom. The van der Waals surface area contributed by atoms with Gasteiger partial charge in [-0.3, -0.25) is 0 Å². The maximum Gasteiger partial charge on any atom is 0.0683 e. The van der Waals surface area contributed by atoms with Crippen LogP contribution in [-0.4, -0.2) is 14.0 Å². The molecule has 8 heavy (non-hydrogen) atoms. The third-order valence-electron chi connectivity index (χ3n) is 0.707. The molecule has 0 aromatic carbocycles. The maximum absolute atomic E-state index is 5.44. The van der Waals surface area contributed by atoms with E-state index in [1.165, 1.54) is 0 Å². The monoisotopic (exact) mass is 148 g/mol. The van der Waals surface area contributed by atoms with Crippen molar-refractivity contribution >= 4 is 19.7 Å². The van der Waals surface area contributed by atoms with Crippen molar-refractivity contribution in [1.29, 1.82) is 0 Å². The first-order valence-electron chi connectivity index (χ1n) is 2.80. The van der Waals surface area contributed by atoms with E-state index in [4.69, 9.17) is 11.6 Å². The lowest BCUT2D eigenvalue weighted by Crippen LogP contribution is -2.15. The van der Waals surface area contributed by atoms with Crippen molar-refractivity contribution in [1.82, 2.24) is 0 Å². The molecule has 0 saturated carbocycles. The molecule has 0 rings (SSSR count). The Labute approximate surface area is 57.6 Å². The first-order chi connectivity index (χ1) is 3.56. The third-order valence-corrected chi connectivity index (χ3v) is 2.12. The zero-order valence-electron chi connectivity index (χ0n) is 5.74. The Bertz CT molecular complexity index is 81.0. The fraction of sp³-hybridized carbons (Fsp3) is 0.667. The van der Waals surface area contributed by atoms with E-state index in [-0.39, 0.29) is 0 Å². The van der Waals surface area contributed by atoms with Crippen molar-refractivity contribution in [3.8, 4) is 0 Å². The van der Waals surface area contributed by atoms with Crippen LogP contribution >= 0.6 is 11.6 Å². The van der Waals surface area contributed by atoms with Gasteiger partial charge in [0.15, 0.2) is 0 Å². The van der Waals surface area contributed by atoms with E-state index in [9.17, 15) is 0 Å². The number of alkyl halides is 1. The second kappa shape index (κ2) is 3.31. The first-order valence-corrected chi connectivity index (χ1v) is 6.91. The van der Waals surface area contributed by atoms with E-state index < -0.39 is 8.07 Å². The molecule has 48 valence electrons. The molecule has 0 aliphatic heterocycles. The zero-order valence-corrected chi connectivity index (χ0v) is 7.50. The van der Waals surface area contributed by atoms with E-state index in [1.54, 1.807) is 0 Å². The van der Waals surface area contributed by atoms with Gasteiger partial charge in [-0.2, -0.15) is 0 Å². The molecule has 0 radical (unpaired) electrons. The Morgan fingerprint density at radius 2 is 1.88 bits per heavy atom. The van der Waals surface area contributed by atoms with Gasteiger partial charge in [0.05, 0.1) is 8.07 Å². The van der Waals surface area contributed by atoms with Crippen LogP contribution in [0.3, 0.4) is 0 Å². The molecular formula is C6H13ClSi. The second-order valence-corrected chi connectivity index (χ2v) is 8.30. The lowest BCUT2D eigenvalue weighted by atomic mass is 10.8. The van der Waals surface area contributed by atoms with Crippen LogP contribution in [0.2, 0.25) is 19.6 Å². The van der Waals surface area contributed by atoms with Crippen LogP contribution in [0.15, 0.2) is 11.8 Å². The minimum atomic E-state index is -0.943. The summed E-state index contributed by atoms with van der Waals surface area (Å²) in [6.07, 6.45) is 2.04. The van der Waals surface area contributed by atoms with Crippen LogP contribution in [0, 0.1) is 0 Å². The summed E-state index contributed by atoms with van der Waals surface area (Å²) < 4.78 is 0. The first kappa shape index (κ1) is 8.25. The molecule has 0 aromatic rings. The minimum absolute atomic E-state index is 0.657. The van der Waals surface area contributed by atoms with Crippen LogP contribution in [0.1, 0.15) is 0 Å². The number of allylic oxidation sites excluding steroid dienone is 1. The fourth-order valence-corrected chi connectivity index (χ4v) is 1.46. The van der Waals surface area contributed by atoms with Crippen molar-refractivity contribution in [2.75, 3.05) is 5.88 Å². The lowest BCUT2D eigenvalue weighted by Gasteiger charge is -2.06. The predicted octanol–water partition coefficient (Wildman–Crippen LogP) is 2.66. The van der Waals surface area contributed by atoms with Gasteiger partial charge in [0.1, 0.15) is 0 Å². The molecule has 0 unspecified atom stereocenters. The standard InChI is InChI=1S/C6H13ClSi/c1-8(2,3)6-4-5-7/h4,6H,5H2,1-3H3/b6-4+. The molecule has 0 heterocycles. The third kappa shape index (κ3) is 6.25. The van der Waals surface area contributed by atoms with Gasteiger partial charge in [-0.15, -0.1) is 11.6 Å². The van der Waals surface area contributed by atoms with E-state index in [1.807, 2.05) is 6.08 Å². The van der Waals surface area contributed by atoms with Gasteiger partial charge in [-0.05, 0) is 0 Å². The molecule has 0 aliphatic rings. The Hall–Kier alpha value is 0.247. The Morgan fingerprint density at radius 3 is 2.00 bits per heavy atom. The SMILES string of the molecule is C[Si](C)(C)/C=C/CCl. The molecule has 0 N–H and O–H groups in total. The van der Waals surface area contributed by atoms with E-state index in [2.05, 4.69) is 25.3 Å². The fourth-order valence-electron chi connectivity index (χ4n) is 0.398. The smallest absolute Gasteiger partial charge is 0.0683 e. The molecule has 2 heteroatoms. The number of rotatable bonds is 2. The van der Waals surface area contributed by atoms with Gasteiger partial charge in [0.2, 0.25) is 0 Å². The Balaban J connectivity index is 3.52. The van der Waals surface area contributed by atoms with Crippen LogP contribution < -0.4 is 0 Å². The van der Waals surface area contributed by atoms with Gasteiger partial charge in [0.25, 0.3) is 0 Å². The van der Waals surface area contributed by atoms with Crippen molar-refractivity contribution in [2.45, 2.75) is 19.6 Å². The van der Waals surface area contributed by atoms with Gasteiger partial charge in [-0.1, -0.05) is 31.4 Å². The summed E-state index contributed by atoms with van der Waals surface area (Å²) >= 11 is 5.44. The Kier molecular flexibility index (Phi) is 3.41. The molecule has 0 nitrogen and oxygen atoms in total. The molecule has 0 bridgehead atoms. The summed E-state index contributed by atoms with van der Waals surface area (Å²) in [6.45, 7) is 6.86. The molecule has 0 saturated heterocycles. The highest BCUT2D eigenvalue weighted by molar-refractivity contribution is 6.81. The zero-order chi connectivity index (χ0) is 6.62. The highest BCUT2D eigenvalue weighted by Gasteiger charge is 2.05. The predicted molar refractivity (Wildman–Crippen MR) is 43.2 cm³/mol. The topological polar surface area (TPSA) is 0 Å². The van der Waals surface area contributed by atoms with Crippen molar-refractivity contribution in [2.24, 2.45) is 0 Å². The summed E-state index contributed by atoms with van der Waals surface area (Å²) in [7, 11) is -0.943. The second-order valence-electron chi connectivity index (χ2n) is 2.92. The van der Waals surface area contributed by atoms with Gasteiger partial charge >= 0.3 is 0 Å². The number of halogens is 1. The summed E-state index contributed by atoms with van der Waals surface area (Å²) in [4.78, 5) is 0. The number of hydrogen-bond acceptors (Lipinski definition) is 0. The van der Waals surface area contributed by atoms with Gasteiger partial charge in [-0.25, -0.2) is 0 Å². The van der Waals surface area contributed by atoms with E-state index >= 15 is 0 Å². The highest BCUT2D eigenvalue weighted by atomic mass is 35.5. The van der Waals surface area contributed by atoms with Crippen molar-refractivity contribution in [3.05, 3.63) is 11.8 Å². The van der Waals surface area contributed by atoms with Crippen molar-refractivity contribution < 1.29 is 0 Å². The van der Waals surface area contributed by atoms with E-state index in [0.717, 1.165) is 0 Å². The summed E-state index contributed by atoms with van der Waals surface area (Å²) in [5.74, 6) is 0.657. The van der Waals surface area contributed by atoms with Crippen LogP contribution in [-0.2, 0) is 0 Å². The molecule has 0 amide bonds. The normalized spacial score (nSPS) is 13.0. The summed E-state index contributed by atoms with van der Waals surface area (Å²) in [6, 6.07) is 0.